The van der Waals surface area contributed by atoms with Crippen molar-refractivity contribution < 1.29 is 14.0 Å². The lowest BCUT2D eigenvalue weighted by atomic mass is 9.98. The number of nitrogens with zero attached hydrogens (tertiary/aromatic N) is 5. The van der Waals surface area contributed by atoms with Gasteiger partial charge >= 0.3 is 0 Å². The van der Waals surface area contributed by atoms with E-state index in [1.54, 1.807) is 34.2 Å². The fourth-order valence-electron chi connectivity index (χ4n) is 9.60. The van der Waals surface area contributed by atoms with Crippen LogP contribution >= 0.6 is 11.3 Å². The summed E-state index contributed by atoms with van der Waals surface area (Å²) in [5, 5.41) is 5.45. The predicted molar refractivity (Wildman–Crippen MR) is 277 cm³/mol. The minimum absolute atomic E-state index is 0.0555. The van der Waals surface area contributed by atoms with Crippen LogP contribution in [0.2, 0.25) is 0 Å². The molecule has 0 fully saturated rings. The Morgan fingerprint density at radius 3 is 2.09 bits per heavy atom. The molecule has 0 radical (unpaired) electrons. The fourth-order valence-corrected chi connectivity index (χ4v) is 10.8. The standard InChI is InChI=1S/C60H35N5OS/c1-5-27-51-42(16-1)43-17-2-6-28-52(43)65(51)53-29-7-3-19-48(53)60-63-58(62-59(64-60)47-24-12-26-50-41(47)25-13-33-61-50)38-15-9-14-36(34-38)40-21-11-23-46-49-35-37(31-32-55(49)67-57(40)46)39-20-10-22-45-44-18-4-8-30-54(44)66-56(39)45/h1-35H/i1D,2D,5D,16D,17D,27D,28D. The summed E-state index contributed by atoms with van der Waals surface area (Å²) in [5.74, 6) is 1.02. The van der Waals surface area contributed by atoms with Crippen molar-refractivity contribution in [1.82, 2.24) is 24.5 Å². The minimum atomic E-state index is -0.472. The van der Waals surface area contributed by atoms with Crippen molar-refractivity contribution in [2.24, 2.45) is 0 Å². The summed E-state index contributed by atoms with van der Waals surface area (Å²) in [6.45, 7) is 0. The summed E-state index contributed by atoms with van der Waals surface area (Å²) in [7, 11) is 0. The second kappa shape index (κ2) is 14.9. The molecule has 14 aromatic rings. The summed E-state index contributed by atoms with van der Waals surface area (Å²) < 4.78 is 72.7. The highest BCUT2D eigenvalue weighted by Gasteiger charge is 2.21. The molecule has 0 unspecified atom stereocenters. The molecule has 9 aromatic carbocycles. The Morgan fingerprint density at radius 2 is 1.13 bits per heavy atom. The first-order chi connectivity index (χ1) is 36.1. The first kappa shape index (κ1) is 31.2. The van der Waals surface area contributed by atoms with Crippen LogP contribution in [0.5, 0.6) is 0 Å². The van der Waals surface area contributed by atoms with Gasteiger partial charge < -0.3 is 8.98 Å². The number of thiophene rings is 1. The zero-order chi connectivity index (χ0) is 50.1. The van der Waals surface area contributed by atoms with E-state index in [9.17, 15) is 2.74 Å². The summed E-state index contributed by atoms with van der Waals surface area (Å²) in [4.78, 5) is 20.2. The number of rotatable bonds is 6. The van der Waals surface area contributed by atoms with Crippen LogP contribution in [-0.2, 0) is 0 Å². The summed E-state index contributed by atoms with van der Waals surface area (Å²) in [5.41, 5.74) is 9.19. The van der Waals surface area contributed by atoms with Gasteiger partial charge in [0.05, 0.1) is 31.8 Å². The molecule has 0 saturated heterocycles. The molecule has 14 rings (SSSR count). The molecule has 6 nitrogen and oxygen atoms in total. The van der Waals surface area contributed by atoms with Gasteiger partial charge in [-0.3, -0.25) is 4.98 Å². The van der Waals surface area contributed by atoms with Crippen molar-refractivity contribution in [1.29, 1.82) is 0 Å². The Hall–Kier alpha value is -8.78. The number of aromatic nitrogens is 5. The number of benzene rings is 9. The van der Waals surface area contributed by atoms with Crippen molar-refractivity contribution in [3.05, 3.63) is 212 Å². The minimum Gasteiger partial charge on any atom is -0.455 e. The van der Waals surface area contributed by atoms with Crippen molar-refractivity contribution in [2.45, 2.75) is 0 Å². The van der Waals surface area contributed by atoms with Crippen LogP contribution in [0.25, 0.3) is 137 Å². The van der Waals surface area contributed by atoms with Gasteiger partial charge in [-0.2, -0.15) is 0 Å². The van der Waals surface area contributed by atoms with Crippen molar-refractivity contribution in [2.75, 3.05) is 0 Å². The van der Waals surface area contributed by atoms with E-state index in [4.69, 9.17) is 26.2 Å². The molecule has 312 valence electrons. The van der Waals surface area contributed by atoms with Crippen LogP contribution in [0.15, 0.2) is 217 Å². The van der Waals surface area contributed by atoms with E-state index in [2.05, 4.69) is 77.8 Å². The van der Waals surface area contributed by atoms with Gasteiger partial charge in [-0.25, -0.2) is 15.0 Å². The molecular weight excluding hydrogens is 839 g/mol. The molecule has 0 atom stereocenters. The van der Waals surface area contributed by atoms with E-state index in [-0.39, 0.29) is 57.8 Å². The number of pyridine rings is 1. The predicted octanol–water partition coefficient (Wildman–Crippen LogP) is 16.1. The van der Waals surface area contributed by atoms with Gasteiger partial charge in [0.2, 0.25) is 0 Å². The van der Waals surface area contributed by atoms with Crippen LogP contribution < -0.4 is 0 Å². The third-order valence-corrected chi connectivity index (χ3v) is 13.9. The molecule has 67 heavy (non-hydrogen) atoms. The van der Waals surface area contributed by atoms with E-state index >= 15 is 0 Å². The molecule has 5 heterocycles. The van der Waals surface area contributed by atoms with E-state index in [0.717, 1.165) is 86.4 Å². The zero-order valence-electron chi connectivity index (χ0n) is 42.2. The zero-order valence-corrected chi connectivity index (χ0v) is 36.0. The molecule has 0 bridgehead atoms. The molecule has 0 aliphatic heterocycles. The molecule has 7 heteroatoms. The highest BCUT2D eigenvalue weighted by atomic mass is 32.1. The van der Waals surface area contributed by atoms with Crippen molar-refractivity contribution in [3.8, 4) is 62.1 Å². The van der Waals surface area contributed by atoms with Crippen LogP contribution in [0.4, 0.5) is 0 Å². The van der Waals surface area contributed by atoms with E-state index < -0.39 is 12.1 Å². The summed E-state index contributed by atoms with van der Waals surface area (Å²) in [6.07, 6.45) is 1.74. The SMILES string of the molecule is [2H]c1cc([2H])c2c(c1[2H])c1c([2H])c([2H])c([2H])c([2H])c1n2-c1ccccc1-c1nc(-c2cccc(-c3cccc4c3sc3ccc(-c5cccc6c5oc5ccccc56)cc34)c2)nc(-c2cccc3ncccc23)n1. The Morgan fingerprint density at radius 1 is 0.448 bits per heavy atom. The quantitative estimate of drug-likeness (QED) is 0.166. The monoisotopic (exact) mass is 880 g/mol. The van der Waals surface area contributed by atoms with E-state index in [1.165, 1.54) is 6.07 Å². The van der Waals surface area contributed by atoms with Gasteiger partial charge in [-0.1, -0.05) is 145 Å². The second-order valence-corrected chi connectivity index (χ2v) is 17.4. The van der Waals surface area contributed by atoms with Gasteiger partial charge in [0.15, 0.2) is 17.5 Å². The van der Waals surface area contributed by atoms with Gasteiger partial charge in [-0.05, 0) is 77.3 Å². The normalized spacial score (nSPS) is 13.3. The van der Waals surface area contributed by atoms with Gasteiger partial charge in [0.1, 0.15) is 11.2 Å². The Balaban J connectivity index is 0.957. The Kier molecular flexibility index (Phi) is 6.92. The summed E-state index contributed by atoms with van der Waals surface area (Å²) in [6, 6.07) is 51.6. The lowest BCUT2D eigenvalue weighted by Crippen LogP contribution is -2.04. The maximum atomic E-state index is 9.22. The molecular formula is C60H35N5OS. The maximum absolute atomic E-state index is 9.22. The lowest BCUT2D eigenvalue weighted by molar-refractivity contribution is 0.670. The highest BCUT2D eigenvalue weighted by molar-refractivity contribution is 7.26. The molecule has 0 N–H and O–H groups in total. The third-order valence-electron chi connectivity index (χ3n) is 12.6. The first-order valence-electron chi connectivity index (χ1n) is 25.3. The first-order valence-corrected chi connectivity index (χ1v) is 22.6. The molecule has 5 aromatic heterocycles. The highest BCUT2D eigenvalue weighted by Crippen LogP contribution is 2.44. The topological polar surface area (TPSA) is 69.6 Å². The molecule has 0 amide bonds. The smallest absolute Gasteiger partial charge is 0.166 e. The molecule has 0 saturated carbocycles. The number of hydrogen-bond acceptors (Lipinski definition) is 6. The van der Waals surface area contributed by atoms with Crippen molar-refractivity contribution >= 4 is 86.2 Å². The van der Waals surface area contributed by atoms with E-state index in [1.807, 2.05) is 72.8 Å². The summed E-state index contributed by atoms with van der Waals surface area (Å²) >= 11 is 1.75. The van der Waals surface area contributed by atoms with Crippen LogP contribution in [0, 0.1) is 0 Å². The van der Waals surface area contributed by atoms with Gasteiger partial charge in [0, 0.05) is 75.6 Å². The second-order valence-electron chi connectivity index (χ2n) is 16.4. The molecule has 0 aliphatic carbocycles. The molecule has 0 spiro atoms. The average Bonchev–Trinajstić information content (AvgIpc) is 4.19. The maximum Gasteiger partial charge on any atom is 0.166 e. The van der Waals surface area contributed by atoms with Gasteiger partial charge in [-0.15, -0.1) is 11.3 Å². The number of para-hydroxylation sites is 5. The third kappa shape index (κ3) is 5.95. The Bertz CT molecular complexity index is 4730. The lowest BCUT2D eigenvalue weighted by Gasteiger charge is -2.15. The number of hydrogen-bond donors (Lipinski definition) is 0. The largest absolute Gasteiger partial charge is 0.455 e. The van der Waals surface area contributed by atoms with Gasteiger partial charge in [0.25, 0.3) is 0 Å². The van der Waals surface area contributed by atoms with Crippen molar-refractivity contribution in [3.63, 3.8) is 0 Å². The number of furan rings is 1. The molecule has 0 aliphatic rings. The van der Waals surface area contributed by atoms with E-state index in [0.29, 0.717) is 22.9 Å². The number of fused-ring (bicyclic) bond motifs is 10. The fraction of sp³-hybridized carbons (Fsp3) is 0. The van der Waals surface area contributed by atoms with Crippen LogP contribution in [0.1, 0.15) is 9.60 Å². The average molecular weight is 881 g/mol. The van der Waals surface area contributed by atoms with Crippen LogP contribution in [0.3, 0.4) is 0 Å². The van der Waals surface area contributed by atoms with Crippen LogP contribution in [-0.4, -0.2) is 24.5 Å². The Labute approximate surface area is 397 Å².